The molecule has 3 rings (SSSR count). The molecule has 27 heavy (non-hydrogen) atoms. The number of benzene rings is 1. The van der Waals surface area contributed by atoms with E-state index < -0.39 is 0 Å². The van der Waals surface area contributed by atoms with Crippen molar-refractivity contribution < 1.29 is 9.53 Å². The zero-order chi connectivity index (χ0) is 19.1. The summed E-state index contributed by atoms with van der Waals surface area (Å²) in [7, 11) is 1.66. The quantitative estimate of drug-likeness (QED) is 0.815. The molecule has 2 amide bonds. The molecule has 1 saturated heterocycles. The Balaban J connectivity index is 1.38. The standard InChI is InChI=1S/C21H30N4O2/c1-3-20-22-12-15-25(20)16-18-9-13-24(14-10-18)21(26)23-11-8-17-4-6-19(27-2)7-5-17/h4-7,12,15,18H,3,8-11,13-14,16H2,1-2H3,(H,23,26). The van der Waals surface area contributed by atoms with Crippen molar-refractivity contribution in [2.45, 2.75) is 39.2 Å². The SMILES string of the molecule is CCc1nccn1CC1CCN(C(=O)NCCc2ccc(OC)cc2)CC1. The Labute approximate surface area is 161 Å². The Hall–Kier alpha value is -2.50. The molecule has 0 radical (unpaired) electrons. The van der Waals surface area contributed by atoms with E-state index in [0.29, 0.717) is 12.5 Å². The number of ether oxygens (including phenoxy) is 1. The van der Waals surface area contributed by atoms with E-state index in [-0.39, 0.29) is 6.03 Å². The van der Waals surface area contributed by atoms with Gasteiger partial charge in [-0.15, -0.1) is 0 Å². The first-order valence-corrected chi connectivity index (χ1v) is 9.85. The number of aryl methyl sites for hydroxylation is 1. The lowest BCUT2D eigenvalue weighted by Crippen LogP contribution is -2.45. The molecule has 0 atom stereocenters. The second kappa shape index (κ2) is 9.44. The largest absolute Gasteiger partial charge is 0.497 e. The van der Waals surface area contributed by atoms with Gasteiger partial charge in [0.15, 0.2) is 0 Å². The van der Waals surface area contributed by atoms with Gasteiger partial charge in [-0.2, -0.15) is 0 Å². The fraction of sp³-hybridized carbons (Fsp3) is 0.524. The molecule has 2 heterocycles. The van der Waals surface area contributed by atoms with Crippen LogP contribution >= 0.6 is 0 Å². The van der Waals surface area contributed by atoms with Crippen LogP contribution < -0.4 is 10.1 Å². The van der Waals surface area contributed by atoms with Gasteiger partial charge >= 0.3 is 6.03 Å². The van der Waals surface area contributed by atoms with Crippen molar-refractivity contribution in [3.63, 3.8) is 0 Å². The van der Waals surface area contributed by atoms with Gasteiger partial charge in [-0.25, -0.2) is 9.78 Å². The predicted octanol–water partition coefficient (Wildman–Crippen LogP) is 3.12. The molecule has 2 aromatic rings. The molecule has 1 aromatic carbocycles. The van der Waals surface area contributed by atoms with E-state index in [1.807, 2.05) is 35.4 Å². The van der Waals surface area contributed by atoms with Gasteiger partial charge in [0.2, 0.25) is 0 Å². The van der Waals surface area contributed by atoms with Gasteiger partial charge in [0.1, 0.15) is 11.6 Å². The van der Waals surface area contributed by atoms with Crippen molar-refractivity contribution in [2.75, 3.05) is 26.7 Å². The van der Waals surface area contributed by atoms with Gasteiger partial charge in [-0.3, -0.25) is 0 Å². The fourth-order valence-corrected chi connectivity index (χ4v) is 3.64. The molecule has 0 saturated carbocycles. The van der Waals surface area contributed by atoms with Crippen LogP contribution in [0.5, 0.6) is 5.75 Å². The van der Waals surface area contributed by atoms with Crippen LogP contribution in [0.1, 0.15) is 31.2 Å². The fourth-order valence-electron chi connectivity index (χ4n) is 3.64. The summed E-state index contributed by atoms with van der Waals surface area (Å²) >= 11 is 0. The van der Waals surface area contributed by atoms with Crippen molar-refractivity contribution in [3.05, 3.63) is 48.0 Å². The maximum atomic E-state index is 12.4. The smallest absolute Gasteiger partial charge is 0.317 e. The number of imidazole rings is 1. The summed E-state index contributed by atoms with van der Waals surface area (Å²) in [6.45, 7) is 5.46. The Morgan fingerprint density at radius 1 is 1.26 bits per heavy atom. The van der Waals surface area contributed by atoms with Crippen molar-refractivity contribution in [3.8, 4) is 5.75 Å². The monoisotopic (exact) mass is 370 g/mol. The maximum absolute atomic E-state index is 12.4. The highest BCUT2D eigenvalue weighted by molar-refractivity contribution is 5.74. The molecular weight excluding hydrogens is 340 g/mol. The average Bonchev–Trinajstić information content (AvgIpc) is 3.16. The molecule has 1 aliphatic heterocycles. The van der Waals surface area contributed by atoms with E-state index in [1.54, 1.807) is 7.11 Å². The van der Waals surface area contributed by atoms with Crippen LogP contribution in [0.3, 0.4) is 0 Å². The van der Waals surface area contributed by atoms with Crippen molar-refractivity contribution in [1.29, 1.82) is 0 Å². The van der Waals surface area contributed by atoms with Gasteiger partial charge in [-0.1, -0.05) is 19.1 Å². The van der Waals surface area contributed by atoms with Gasteiger partial charge in [-0.05, 0) is 42.9 Å². The molecule has 0 unspecified atom stereocenters. The minimum absolute atomic E-state index is 0.0545. The molecule has 1 aromatic heterocycles. The van der Waals surface area contributed by atoms with Gasteiger partial charge < -0.3 is 19.5 Å². The molecule has 1 fully saturated rings. The second-order valence-corrected chi connectivity index (χ2v) is 7.11. The van der Waals surface area contributed by atoms with Crippen LogP contribution in [0.25, 0.3) is 0 Å². The summed E-state index contributed by atoms with van der Waals surface area (Å²) in [5, 5.41) is 3.05. The normalized spacial score (nSPS) is 15.0. The number of urea groups is 1. The Bertz CT molecular complexity index is 718. The van der Waals surface area contributed by atoms with E-state index in [9.17, 15) is 4.79 Å². The molecule has 146 valence electrons. The zero-order valence-electron chi connectivity index (χ0n) is 16.4. The third-order valence-electron chi connectivity index (χ3n) is 5.32. The molecule has 0 spiro atoms. The van der Waals surface area contributed by atoms with Crippen LogP contribution in [-0.4, -0.2) is 47.2 Å². The van der Waals surface area contributed by atoms with E-state index in [0.717, 1.165) is 56.9 Å². The van der Waals surface area contributed by atoms with Crippen LogP contribution in [-0.2, 0) is 19.4 Å². The van der Waals surface area contributed by atoms with Gasteiger partial charge in [0, 0.05) is 45.0 Å². The highest BCUT2D eigenvalue weighted by Gasteiger charge is 2.23. The number of methoxy groups -OCH3 is 1. The number of nitrogens with one attached hydrogen (secondary N) is 1. The number of carbonyl (C=O) groups is 1. The van der Waals surface area contributed by atoms with E-state index in [4.69, 9.17) is 4.74 Å². The summed E-state index contributed by atoms with van der Waals surface area (Å²) < 4.78 is 7.42. The first-order chi connectivity index (χ1) is 13.2. The average molecular weight is 370 g/mol. The summed E-state index contributed by atoms with van der Waals surface area (Å²) in [4.78, 5) is 18.7. The first-order valence-electron chi connectivity index (χ1n) is 9.85. The minimum atomic E-state index is 0.0545. The number of piperidine rings is 1. The maximum Gasteiger partial charge on any atom is 0.317 e. The molecule has 0 bridgehead atoms. The summed E-state index contributed by atoms with van der Waals surface area (Å²) in [5.41, 5.74) is 1.20. The number of hydrogen-bond donors (Lipinski definition) is 1. The number of carbonyl (C=O) groups excluding carboxylic acids is 1. The number of rotatable bonds is 7. The highest BCUT2D eigenvalue weighted by atomic mass is 16.5. The second-order valence-electron chi connectivity index (χ2n) is 7.11. The number of nitrogens with zero attached hydrogens (tertiary/aromatic N) is 3. The summed E-state index contributed by atoms with van der Waals surface area (Å²) in [5.74, 6) is 2.62. The lowest BCUT2D eigenvalue weighted by atomic mass is 9.97. The summed E-state index contributed by atoms with van der Waals surface area (Å²) in [6, 6.07) is 8.03. The Kier molecular flexibility index (Phi) is 6.74. The number of aromatic nitrogens is 2. The van der Waals surface area contributed by atoms with Crippen LogP contribution in [0, 0.1) is 5.92 Å². The summed E-state index contributed by atoms with van der Waals surface area (Å²) in [6.07, 6.45) is 7.83. The third kappa shape index (κ3) is 5.25. The Morgan fingerprint density at radius 2 is 2.00 bits per heavy atom. The molecule has 6 heteroatoms. The van der Waals surface area contributed by atoms with E-state index in [2.05, 4.69) is 28.0 Å². The lowest BCUT2D eigenvalue weighted by molar-refractivity contribution is 0.165. The highest BCUT2D eigenvalue weighted by Crippen LogP contribution is 2.20. The zero-order valence-corrected chi connectivity index (χ0v) is 16.4. The minimum Gasteiger partial charge on any atom is -0.497 e. The van der Waals surface area contributed by atoms with Gasteiger partial charge in [0.05, 0.1) is 7.11 Å². The topological polar surface area (TPSA) is 59.4 Å². The first kappa shape index (κ1) is 19.3. The van der Waals surface area contributed by atoms with Crippen LogP contribution in [0.4, 0.5) is 4.79 Å². The van der Waals surface area contributed by atoms with E-state index in [1.165, 1.54) is 5.56 Å². The predicted molar refractivity (Wildman–Crippen MR) is 106 cm³/mol. The molecule has 0 aliphatic carbocycles. The van der Waals surface area contributed by atoms with Crippen LogP contribution in [0.15, 0.2) is 36.7 Å². The number of hydrogen-bond acceptors (Lipinski definition) is 3. The van der Waals surface area contributed by atoms with Crippen molar-refractivity contribution in [2.24, 2.45) is 5.92 Å². The number of likely N-dealkylation sites (tertiary alicyclic amines) is 1. The van der Waals surface area contributed by atoms with Crippen molar-refractivity contribution in [1.82, 2.24) is 19.8 Å². The van der Waals surface area contributed by atoms with Gasteiger partial charge in [0.25, 0.3) is 0 Å². The Morgan fingerprint density at radius 3 is 2.67 bits per heavy atom. The molecule has 6 nitrogen and oxygen atoms in total. The molecule has 1 N–H and O–H groups in total. The molecule has 1 aliphatic rings. The van der Waals surface area contributed by atoms with E-state index >= 15 is 0 Å². The number of amides is 2. The lowest BCUT2D eigenvalue weighted by Gasteiger charge is -2.32. The van der Waals surface area contributed by atoms with Crippen LogP contribution in [0.2, 0.25) is 0 Å². The van der Waals surface area contributed by atoms with Crippen molar-refractivity contribution >= 4 is 6.03 Å². The molecular formula is C21H30N4O2. The third-order valence-corrected chi connectivity index (χ3v) is 5.32.